The van der Waals surface area contributed by atoms with E-state index in [1.807, 2.05) is 18.6 Å². The van der Waals surface area contributed by atoms with Crippen LogP contribution in [0, 0.1) is 0 Å². The number of benzene rings is 1. The molecule has 1 aromatic heterocycles. The number of aliphatic carboxylic acids is 2. The second kappa shape index (κ2) is 14.9. The minimum atomic E-state index is -5.08. The van der Waals surface area contributed by atoms with E-state index in [4.69, 9.17) is 29.3 Å². The number of imidazole rings is 1. The maximum atomic E-state index is 10.6. The van der Waals surface area contributed by atoms with Gasteiger partial charge in [0.25, 0.3) is 0 Å². The number of ether oxygens (including phenoxy) is 2. The van der Waals surface area contributed by atoms with Crippen LogP contribution in [-0.2, 0) is 22.7 Å². The molecule has 0 saturated carbocycles. The van der Waals surface area contributed by atoms with Gasteiger partial charge in [-0.05, 0) is 43.6 Å². The van der Waals surface area contributed by atoms with Gasteiger partial charge in [-0.3, -0.25) is 4.90 Å². The van der Waals surface area contributed by atoms with E-state index in [0.717, 1.165) is 37.7 Å². The number of hydrogen-bond donors (Lipinski definition) is 2. The van der Waals surface area contributed by atoms with Crippen molar-refractivity contribution in [2.75, 3.05) is 40.4 Å². The van der Waals surface area contributed by atoms with E-state index in [-0.39, 0.29) is 0 Å². The first kappa shape index (κ1) is 33.7. The number of fused-ring (bicyclic) bond motifs is 1. The number of likely N-dealkylation sites (tertiary alicyclic amines) is 1. The average Bonchev–Trinajstić information content (AvgIpc) is 3.38. The first-order valence-corrected chi connectivity index (χ1v) is 12.4. The van der Waals surface area contributed by atoms with Crippen molar-refractivity contribution in [1.82, 2.24) is 19.4 Å². The molecular formula is C25H32F6N4O6. The highest BCUT2D eigenvalue weighted by Gasteiger charge is 2.39. The zero-order valence-electron chi connectivity index (χ0n) is 22.4. The van der Waals surface area contributed by atoms with Gasteiger partial charge in [-0.25, -0.2) is 14.6 Å². The number of methoxy groups -OCH3 is 2. The van der Waals surface area contributed by atoms with Crippen LogP contribution in [0.1, 0.15) is 36.6 Å². The first-order valence-electron chi connectivity index (χ1n) is 12.4. The SMILES string of the molecule is COc1cc(CN2Cc3cncn3C(CN3CCCCC3)C2)cc(OC)c1.O=C(O)C(F)(F)F.O=C(O)C(F)(F)F. The largest absolute Gasteiger partial charge is 0.497 e. The number of carboxylic acids is 2. The molecule has 1 aromatic carbocycles. The lowest BCUT2D eigenvalue weighted by Crippen LogP contribution is -2.43. The molecule has 3 heterocycles. The summed E-state index contributed by atoms with van der Waals surface area (Å²) in [7, 11) is 3.40. The summed E-state index contributed by atoms with van der Waals surface area (Å²) < 4.78 is 76.7. The van der Waals surface area contributed by atoms with Crippen molar-refractivity contribution in [2.45, 2.75) is 50.7 Å². The van der Waals surface area contributed by atoms with E-state index in [0.29, 0.717) is 6.04 Å². The van der Waals surface area contributed by atoms with Gasteiger partial charge in [0.1, 0.15) is 11.5 Å². The summed E-state index contributed by atoms with van der Waals surface area (Å²) in [6, 6.07) is 6.60. The quantitative estimate of drug-likeness (QED) is 0.472. The maximum Gasteiger partial charge on any atom is 0.490 e. The molecule has 1 saturated heterocycles. The fourth-order valence-corrected chi connectivity index (χ4v) is 4.38. The Morgan fingerprint density at radius 1 is 0.902 bits per heavy atom. The van der Waals surface area contributed by atoms with Gasteiger partial charge < -0.3 is 29.2 Å². The van der Waals surface area contributed by atoms with Gasteiger partial charge in [0.15, 0.2) is 0 Å². The molecule has 2 aromatic rings. The number of halogens is 6. The van der Waals surface area contributed by atoms with Crippen LogP contribution in [0.15, 0.2) is 30.7 Å². The van der Waals surface area contributed by atoms with Gasteiger partial charge >= 0.3 is 24.3 Å². The van der Waals surface area contributed by atoms with E-state index in [9.17, 15) is 26.3 Å². The van der Waals surface area contributed by atoms with E-state index in [1.165, 1.54) is 43.6 Å². The predicted molar refractivity (Wildman–Crippen MR) is 133 cm³/mol. The Bertz CT molecular complexity index is 1090. The van der Waals surface area contributed by atoms with Crippen molar-refractivity contribution in [2.24, 2.45) is 0 Å². The number of rotatable bonds is 6. The second-order valence-electron chi connectivity index (χ2n) is 9.30. The van der Waals surface area contributed by atoms with Crippen molar-refractivity contribution in [1.29, 1.82) is 0 Å². The Kier molecular flexibility index (Phi) is 12.2. The van der Waals surface area contributed by atoms with Crippen molar-refractivity contribution in [3.63, 3.8) is 0 Å². The van der Waals surface area contributed by atoms with Crippen molar-refractivity contribution in [3.05, 3.63) is 42.0 Å². The number of alkyl halides is 6. The van der Waals surface area contributed by atoms with Crippen molar-refractivity contribution < 1.29 is 55.6 Å². The lowest BCUT2D eigenvalue weighted by atomic mass is 10.1. The standard InChI is InChI=1S/C21H30N4O2.2C2HF3O2/c1-26-20-8-17(9-21(10-20)27-2)12-24-13-18-11-22-16-25(18)19(15-24)14-23-6-4-3-5-7-23;2*3-2(4,5)1(6)7/h8-11,16,19H,3-7,12-15H2,1-2H3;2*(H,6,7). The van der Waals surface area contributed by atoms with Crippen LogP contribution in [-0.4, -0.2) is 94.3 Å². The van der Waals surface area contributed by atoms with E-state index >= 15 is 0 Å². The predicted octanol–water partition coefficient (Wildman–Crippen LogP) is 4.21. The molecule has 16 heteroatoms. The van der Waals surface area contributed by atoms with Gasteiger partial charge in [-0.15, -0.1) is 0 Å². The van der Waals surface area contributed by atoms with Gasteiger partial charge in [0.05, 0.1) is 32.3 Å². The highest BCUT2D eigenvalue weighted by atomic mass is 19.4. The molecule has 0 aliphatic carbocycles. The molecule has 0 radical (unpaired) electrons. The third-order valence-corrected chi connectivity index (χ3v) is 6.21. The molecule has 4 rings (SSSR count). The molecule has 1 atom stereocenters. The van der Waals surface area contributed by atoms with Crippen LogP contribution in [0.25, 0.3) is 0 Å². The van der Waals surface area contributed by atoms with Crippen LogP contribution in [0.4, 0.5) is 26.3 Å². The molecule has 1 fully saturated rings. The Labute approximate surface area is 232 Å². The molecule has 2 aliphatic heterocycles. The van der Waals surface area contributed by atoms with Crippen LogP contribution < -0.4 is 9.47 Å². The molecular weight excluding hydrogens is 566 g/mol. The second-order valence-corrected chi connectivity index (χ2v) is 9.30. The van der Waals surface area contributed by atoms with Gasteiger partial charge in [-0.2, -0.15) is 26.3 Å². The number of hydrogen-bond acceptors (Lipinski definition) is 7. The molecule has 0 amide bonds. The van der Waals surface area contributed by atoms with Crippen molar-refractivity contribution >= 4 is 11.9 Å². The average molecular weight is 599 g/mol. The fraction of sp³-hybridized carbons (Fsp3) is 0.560. The molecule has 0 bridgehead atoms. The Balaban J connectivity index is 0.000000349. The zero-order chi connectivity index (χ0) is 30.8. The molecule has 10 nitrogen and oxygen atoms in total. The maximum absolute atomic E-state index is 10.6. The summed E-state index contributed by atoms with van der Waals surface area (Å²) in [5.41, 5.74) is 2.52. The molecule has 1 unspecified atom stereocenters. The summed E-state index contributed by atoms with van der Waals surface area (Å²) in [6.07, 6.45) is -2.10. The van der Waals surface area contributed by atoms with Crippen LogP contribution in [0.2, 0.25) is 0 Å². The lowest BCUT2D eigenvalue weighted by Gasteiger charge is -2.38. The third kappa shape index (κ3) is 11.1. The zero-order valence-corrected chi connectivity index (χ0v) is 22.4. The van der Waals surface area contributed by atoms with Gasteiger partial charge in [0.2, 0.25) is 0 Å². The van der Waals surface area contributed by atoms with Gasteiger partial charge in [-0.1, -0.05) is 6.42 Å². The number of aromatic nitrogens is 2. The number of carbonyl (C=O) groups is 2. The summed E-state index contributed by atoms with van der Waals surface area (Å²) in [5.74, 6) is -3.83. The van der Waals surface area contributed by atoms with E-state index in [1.54, 1.807) is 14.2 Å². The molecule has 230 valence electrons. The highest BCUT2D eigenvalue weighted by Crippen LogP contribution is 2.27. The molecule has 2 aliphatic rings. The first-order chi connectivity index (χ1) is 19.1. The summed E-state index contributed by atoms with van der Waals surface area (Å²) in [4.78, 5) is 27.3. The normalized spacial score (nSPS) is 17.7. The summed E-state index contributed by atoms with van der Waals surface area (Å²) >= 11 is 0. The fourth-order valence-electron chi connectivity index (χ4n) is 4.38. The highest BCUT2D eigenvalue weighted by molar-refractivity contribution is 5.73. The molecule has 2 N–H and O–H groups in total. The third-order valence-electron chi connectivity index (χ3n) is 6.21. The van der Waals surface area contributed by atoms with E-state index in [2.05, 4.69) is 31.5 Å². The number of nitrogens with zero attached hydrogens (tertiary/aromatic N) is 4. The summed E-state index contributed by atoms with van der Waals surface area (Å²) in [6.45, 7) is 6.42. The van der Waals surface area contributed by atoms with E-state index < -0.39 is 24.3 Å². The minimum absolute atomic E-state index is 0.460. The Morgan fingerprint density at radius 3 is 1.88 bits per heavy atom. The van der Waals surface area contributed by atoms with Crippen LogP contribution in [0.3, 0.4) is 0 Å². The van der Waals surface area contributed by atoms with Crippen LogP contribution >= 0.6 is 0 Å². The lowest BCUT2D eigenvalue weighted by molar-refractivity contribution is -0.193. The Hall–Kier alpha value is -3.53. The molecule has 41 heavy (non-hydrogen) atoms. The summed E-state index contributed by atoms with van der Waals surface area (Å²) in [5, 5.41) is 14.2. The number of piperidine rings is 1. The monoisotopic (exact) mass is 598 g/mol. The minimum Gasteiger partial charge on any atom is -0.497 e. The van der Waals surface area contributed by atoms with Crippen molar-refractivity contribution in [3.8, 4) is 11.5 Å². The van der Waals surface area contributed by atoms with Crippen LogP contribution in [0.5, 0.6) is 11.5 Å². The smallest absolute Gasteiger partial charge is 0.490 e. The number of carboxylic acid groups (broad SMARTS) is 2. The Morgan fingerprint density at radius 2 is 1.41 bits per heavy atom. The van der Waals surface area contributed by atoms with Gasteiger partial charge in [0, 0.05) is 38.4 Å². The molecule has 0 spiro atoms. The topological polar surface area (TPSA) is 117 Å².